The Labute approximate surface area is 219 Å². The Balaban J connectivity index is 1.72. The standard InChI is InChI=1S/C29H36FN3O3S/c1-21(2)18-32(28(34)26-14-7-8-15-27(26)30)19-25-17-31-29(33(25)24-12-5-4-6-13-24)37(35,36)20-23-11-9-10-22(3)16-23/h7-11,14-17,21,24H,4-6,12-13,18-20H2,1-3H3. The lowest BCUT2D eigenvalue weighted by molar-refractivity contribution is 0.0711. The van der Waals surface area contributed by atoms with Crippen LogP contribution < -0.4 is 0 Å². The summed E-state index contributed by atoms with van der Waals surface area (Å²) >= 11 is 0. The molecule has 1 saturated carbocycles. The van der Waals surface area contributed by atoms with Crippen LogP contribution in [-0.4, -0.2) is 35.3 Å². The number of halogens is 1. The summed E-state index contributed by atoms with van der Waals surface area (Å²) < 4.78 is 43.6. The van der Waals surface area contributed by atoms with Gasteiger partial charge in [-0.2, -0.15) is 0 Å². The van der Waals surface area contributed by atoms with Crippen molar-refractivity contribution < 1.29 is 17.6 Å². The highest BCUT2D eigenvalue weighted by molar-refractivity contribution is 7.90. The van der Waals surface area contributed by atoms with E-state index in [1.807, 2.05) is 49.6 Å². The molecule has 0 bridgehead atoms. The zero-order chi connectivity index (χ0) is 26.6. The molecule has 0 atom stereocenters. The van der Waals surface area contributed by atoms with Crippen molar-refractivity contribution >= 4 is 15.7 Å². The molecule has 6 nitrogen and oxygen atoms in total. The average Bonchev–Trinajstić information content (AvgIpc) is 3.28. The Kier molecular flexibility index (Phi) is 8.47. The van der Waals surface area contributed by atoms with Gasteiger partial charge in [0.05, 0.1) is 29.8 Å². The fourth-order valence-corrected chi connectivity index (χ4v) is 6.73. The van der Waals surface area contributed by atoms with Crippen molar-refractivity contribution in [2.24, 2.45) is 5.92 Å². The predicted molar refractivity (Wildman–Crippen MR) is 142 cm³/mol. The zero-order valence-electron chi connectivity index (χ0n) is 21.9. The summed E-state index contributed by atoms with van der Waals surface area (Å²) in [6.07, 6.45) is 6.47. The van der Waals surface area contributed by atoms with Crippen molar-refractivity contribution in [3.63, 3.8) is 0 Å². The highest BCUT2D eigenvalue weighted by Crippen LogP contribution is 2.33. The molecule has 1 aromatic heterocycles. The minimum absolute atomic E-state index is 0.00185. The lowest BCUT2D eigenvalue weighted by Crippen LogP contribution is -2.35. The van der Waals surface area contributed by atoms with Crippen molar-refractivity contribution in [1.29, 1.82) is 0 Å². The van der Waals surface area contributed by atoms with E-state index in [0.717, 1.165) is 43.2 Å². The fraction of sp³-hybridized carbons (Fsp3) is 0.448. The predicted octanol–water partition coefficient (Wildman–Crippen LogP) is 6.11. The Hall–Kier alpha value is -3.00. The Morgan fingerprint density at radius 3 is 2.51 bits per heavy atom. The second-order valence-corrected chi connectivity index (χ2v) is 12.4. The maximum Gasteiger partial charge on any atom is 0.257 e. The van der Waals surface area contributed by atoms with Crippen LogP contribution >= 0.6 is 0 Å². The number of aryl methyl sites for hydroxylation is 1. The second-order valence-electron chi connectivity index (χ2n) is 10.5. The fourth-order valence-electron chi connectivity index (χ4n) is 5.20. The summed E-state index contributed by atoms with van der Waals surface area (Å²) in [7, 11) is -3.74. The van der Waals surface area contributed by atoms with Crippen LogP contribution in [0.4, 0.5) is 4.39 Å². The van der Waals surface area contributed by atoms with Gasteiger partial charge in [0.15, 0.2) is 0 Å². The molecule has 0 radical (unpaired) electrons. The summed E-state index contributed by atoms with van der Waals surface area (Å²) in [6.45, 7) is 6.51. The number of carbonyl (C=O) groups excluding carboxylic acids is 1. The van der Waals surface area contributed by atoms with Crippen LogP contribution in [0.3, 0.4) is 0 Å². The highest BCUT2D eigenvalue weighted by atomic mass is 32.2. The molecule has 3 aromatic rings. The lowest BCUT2D eigenvalue weighted by Gasteiger charge is -2.29. The summed E-state index contributed by atoms with van der Waals surface area (Å²) in [4.78, 5) is 19.4. The summed E-state index contributed by atoms with van der Waals surface area (Å²) in [5, 5.41) is 0.0544. The van der Waals surface area contributed by atoms with Crippen molar-refractivity contribution in [3.05, 3.63) is 82.9 Å². The van der Waals surface area contributed by atoms with Crippen molar-refractivity contribution in [3.8, 4) is 0 Å². The second kappa shape index (κ2) is 11.6. The van der Waals surface area contributed by atoms with E-state index in [1.165, 1.54) is 12.1 Å². The number of sulfone groups is 1. The monoisotopic (exact) mass is 525 g/mol. The van der Waals surface area contributed by atoms with Gasteiger partial charge in [-0.1, -0.05) is 75.1 Å². The first kappa shape index (κ1) is 27.0. The quantitative estimate of drug-likeness (QED) is 0.338. The van der Waals surface area contributed by atoms with Crippen molar-refractivity contribution in [1.82, 2.24) is 14.5 Å². The van der Waals surface area contributed by atoms with Gasteiger partial charge in [0.25, 0.3) is 5.91 Å². The number of hydrogen-bond donors (Lipinski definition) is 0. The average molecular weight is 526 g/mol. The first-order valence-electron chi connectivity index (χ1n) is 13.0. The van der Waals surface area contributed by atoms with Gasteiger partial charge >= 0.3 is 0 Å². The summed E-state index contributed by atoms with van der Waals surface area (Å²) in [5.74, 6) is -0.969. The molecule has 0 spiro atoms. The minimum atomic E-state index is -3.74. The minimum Gasteiger partial charge on any atom is -0.332 e. The molecule has 0 saturated heterocycles. The van der Waals surface area contributed by atoms with Crippen molar-refractivity contribution in [2.45, 2.75) is 76.4 Å². The van der Waals surface area contributed by atoms with E-state index in [4.69, 9.17) is 0 Å². The van der Waals surface area contributed by atoms with Gasteiger partial charge < -0.3 is 9.47 Å². The van der Waals surface area contributed by atoms with Gasteiger partial charge in [-0.3, -0.25) is 4.79 Å². The van der Waals surface area contributed by atoms with Gasteiger partial charge in [-0.25, -0.2) is 17.8 Å². The Morgan fingerprint density at radius 1 is 1.11 bits per heavy atom. The SMILES string of the molecule is Cc1cccc(CS(=O)(=O)c2ncc(CN(CC(C)C)C(=O)c3ccccc3F)n2C2CCCCC2)c1. The number of nitrogens with zero attached hydrogens (tertiary/aromatic N) is 3. The highest BCUT2D eigenvalue weighted by Gasteiger charge is 2.31. The van der Waals surface area contributed by atoms with E-state index < -0.39 is 21.6 Å². The molecule has 0 N–H and O–H groups in total. The molecule has 1 aliphatic carbocycles. The van der Waals surface area contributed by atoms with E-state index in [2.05, 4.69) is 4.98 Å². The lowest BCUT2D eigenvalue weighted by atomic mass is 9.95. The maximum atomic E-state index is 14.5. The van der Waals surface area contributed by atoms with Gasteiger partial charge in [0, 0.05) is 12.6 Å². The zero-order valence-corrected chi connectivity index (χ0v) is 22.7. The number of imidazole rings is 1. The maximum absolute atomic E-state index is 14.5. The number of hydrogen-bond acceptors (Lipinski definition) is 4. The van der Waals surface area contributed by atoms with E-state index in [-0.39, 0.29) is 35.0 Å². The largest absolute Gasteiger partial charge is 0.332 e. The third-order valence-corrected chi connectivity index (χ3v) is 8.40. The van der Waals surface area contributed by atoms with E-state index >= 15 is 0 Å². The third kappa shape index (κ3) is 6.47. The van der Waals surface area contributed by atoms with Crippen LogP contribution in [0.25, 0.3) is 0 Å². The normalized spacial score (nSPS) is 14.7. The Morgan fingerprint density at radius 2 is 1.84 bits per heavy atom. The smallest absolute Gasteiger partial charge is 0.257 e. The van der Waals surface area contributed by atoms with Gasteiger partial charge in [-0.05, 0) is 43.4 Å². The molecule has 0 aliphatic heterocycles. The molecule has 1 fully saturated rings. The van der Waals surface area contributed by atoms with Crippen molar-refractivity contribution in [2.75, 3.05) is 6.54 Å². The Bertz CT molecular complexity index is 1340. The van der Waals surface area contributed by atoms with E-state index in [0.29, 0.717) is 12.2 Å². The topological polar surface area (TPSA) is 72.3 Å². The molecular formula is C29H36FN3O3S. The van der Waals surface area contributed by atoms with E-state index in [9.17, 15) is 17.6 Å². The van der Waals surface area contributed by atoms with Gasteiger partial charge in [-0.15, -0.1) is 0 Å². The molecule has 8 heteroatoms. The number of rotatable bonds is 9. The first-order valence-corrected chi connectivity index (χ1v) is 14.7. The van der Waals surface area contributed by atoms with Crippen LogP contribution in [-0.2, 0) is 22.1 Å². The third-order valence-electron chi connectivity index (χ3n) is 6.83. The van der Waals surface area contributed by atoms with Crippen LogP contribution in [0.5, 0.6) is 0 Å². The van der Waals surface area contributed by atoms with Crippen LogP contribution in [0.2, 0.25) is 0 Å². The van der Waals surface area contributed by atoms with Gasteiger partial charge in [0.2, 0.25) is 15.0 Å². The number of aromatic nitrogens is 2. The first-order chi connectivity index (χ1) is 17.7. The number of carbonyl (C=O) groups is 1. The molecule has 2 aromatic carbocycles. The number of amides is 1. The van der Waals surface area contributed by atoms with Crippen LogP contribution in [0.15, 0.2) is 59.9 Å². The summed E-state index contributed by atoms with van der Waals surface area (Å²) in [6, 6.07) is 13.5. The van der Waals surface area contributed by atoms with Crippen LogP contribution in [0, 0.1) is 18.7 Å². The molecular weight excluding hydrogens is 489 g/mol. The molecule has 37 heavy (non-hydrogen) atoms. The van der Waals surface area contributed by atoms with Crippen LogP contribution in [0.1, 0.15) is 79.2 Å². The molecule has 198 valence electrons. The summed E-state index contributed by atoms with van der Waals surface area (Å²) in [5.41, 5.74) is 2.40. The van der Waals surface area contributed by atoms with E-state index in [1.54, 1.807) is 23.2 Å². The molecule has 1 heterocycles. The molecule has 4 rings (SSSR count). The molecule has 0 unspecified atom stereocenters. The van der Waals surface area contributed by atoms with Gasteiger partial charge in [0.1, 0.15) is 5.82 Å². The number of benzene rings is 2. The molecule has 1 amide bonds. The molecule has 1 aliphatic rings.